The predicted molar refractivity (Wildman–Crippen MR) is 132 cm³/mol. The molecule has 0 N–H and O–H groups in total. The number of hydrogen-bond acceptors (Lipinski definition) is 2. The second-order valence-corrected chi connectivity index (χ2v) is 8.84. The number of unbranched alkanes of at least 4 members (excludes halogenated alkanes) is 11. The number of benzene rings is 2. The number of ketones is 1. The molecule has 3 heteroatoms. The molecule has 0 radical (unpaired) electrons. The molecule has 0 aliphatic carbocycles. The van der Waals surface area contributed by atoms with Gasteiger partial charge in [0, 0.05) is 5.56 Å². The maximum atomic E-state index is 12.6. The second-order valence-electron chi connectivity index (χ2n) is 8.40. The first kappa shape index (κ1) is 25.5. The number of ether oxygens (including phenoxy) is 1. The number of halogens is 1. The Morgan fingerprint density at radius 2 is 1.26 bits per heavy atom. The number of Topliss-reactive ketones (excluding diaryl/α,β-unsaturated/α-hetero) is 1. The topological polar surface area (TPSA) is 26.3 Å². The molecule has 0 aliphatic rings. The first-order valence-electron chi connectivity index (χ1n) is 12.2. The van der Waals surface area contributed by atoms with E-state index in [9.17, 15) is 4.79 Å². The van der Waals surface area contributed by atoms with Gasteiger partial charge in [-0.15, -0.1) is 11.6 Å². The molecule has 31 heavy (non-hydrogen) atoms. The molecule has 1 atom stereocenters. The number of hydrogen-bond donors (Lipinski definition) is 0. The Bertz CT molecular complexity index is 712. The normalized spacial score (nSPS) is 11.9. The van der Waals surface area contributed by atoms with E-state index in [2.05, 4.69) is 6.92 Å². The molecule has 170 valence electrons. The predicted octanol–water partition coefficient (Wildman–Crippen LogP) is 8.93. The van der Waals surface area contributed by atoms with Crippen LogP contribution in [0.5, 0.6) is 5.75 Å². The largest absolute Gasteiger partial charge is 0.494 e. The Balaban J connectivity index is 1.53. The van der Waals surface area contributed by atoms with E-state index in [4.69, 9.17) is 16.3 Å². The van der Waals surface area contributed by atoms with Crippen molar-refractivity contribution in [3.63, 3.8) is 0 Å². The quantitative estimate of drug-likeness (QED) is 0.139. The average Bonchev–Trinajstić information content (AvgIpc) is 2.82. The lowest BCUT2D eigenvalue weighted by Crippen LogP contribution is -2.07. The highest BCUT2D eigenvalue weighted by atomic mass is 35.5. The molecular formula is C28H39ClO2. The average molecular weight is 443 g/mol. The third-order valence-electron chi connectivity index (χ3n) is 5.73. The van der Waals surface area contributed by atoms with E-state index in [1.807, 2.05) is 42.5 Å². The maximum Gasteiger partial charge on any atom is 0.185 e. The summed E-state index contributed by atoms with van der Waals surface area (Å²) < 4.78 is 5.83. The molecule has 0 amide bonds. The van der Waals surface area contributed by atoms with Crippen LogP contribution in [0.1, 0.15) is 105 Å². The summed E-state index contributed by atoms with van der Waals surface area (Å²) in [7, 11) is 0. The van der Waals surface area contributed by atoms with E-state index >= 15 is 0 Å². The van der Waals surface area contributed by atoms with Crippen LogP contribution in [0, 0.1) is 0 Å². The Morgan fingerprint density at radius 1 is 0.742 bits per heavy atom. The Hall–Kier alpha value is -1.80. The van der Waals surface area contributed by atoms with Gasteiger partial charge in [-0.2, -0.15) is 0 Å². The van der Waals surface area contributed by atoms with Gasteiger partial charge in [-0.3, -0.25) is 4.79 Å². The second kappa shape index (κ2) is 15.9. The summed E-state index contributed by atoms with van der Waals surface area (Å²) in [5.41, 5.74) is 1.43. The minimum absolute atomic E-state index is 0.0830. The van der Waals surface area contributed by atoms with Crippen molar-refractivity contribution >= 4 is 17.4 Å². The van der Waals surface area contributed by atoms with Gasteiger partial charge in [0.15, 0.2) is 5.78 Å². The van der Waals surface area contributed by atoms with Crippen LogP contribution in [0.4, 0.5) is 0 Å². The van der Waals surface area contributed by atoms with Crippen LogP contribution in [0.3, 0.4) is 0 Å². The number of alkyl halides is 1. The zero-order valence-corrected chi connectivity index (χ0v) is 19.9. The summed E-state index contributed by atoms with van der Waals surface area (Å²) in [6.07, 6.45) is 16.1. The minimum atomic E-state index is -0.658. The van der Waals surface area contributed by atoms with Crippen LogP contribution in [-0.2, 0) is 0 Å². The molecule has 2 nitrogen and oxygen atoms in total. The van der Waals surface area contributed by atoms with Crippen LogP contribution >= 0.6 is 11.6 Å². The molecule has 0 spiro atoms. The van der Waals surface area contributed by atoms with Crippen LogP contribution in [0.15, 0.2) is 54.6 Å². The van der Waals surface area contributed by atoms with Gasteiger partial charge in [0.05, 0.1) is 6.61 Å². The van der Waals surface area contributed by atoms with Crippen molar-refractivity contribution < 1.29 is 9.53 Å². The highest BCUT2D eigenvalue weighted by Gasteiger charge is 2.19. The molecule has 2 aromatic carbocycles. The van der Waals surface area contributed by atoms with E-state index in [-0.39, 0.29) is 5.78 Å². The van der Waals surface area contributed by atoms with E-state index in [0.717, 1.165) is 24.3 Å². The zero-order chi connectivity index (χ0) is 22.2. The first-order valence-corrected chi connectivity index (χ1v) is 12.6. The van der Waals surface area contributed by atoms with Crippen molar-refractivity contribution in [2.24, 2.45) is 0 Å². The van der Waals surface area contributed by atoms with E-state index in [0.29, 0.717) is 5.56 Å². The molecule has 2 aromatic rings. The molecular weight excluding hydrogens is 404 g/mol. The molecule has 0 saturated heterocycles. The van der Waals surface area contributed by atoms with Gasteiger partial charge >= 0.3 is 0 Å². The summed E-state index contributed by atoms with van der Waals surface area (Å²) in [5, 5.41) is -0.658. The summed E-state index contributed by atoms with van der Waals surface area (Å²) in [5.74, 6) is 0.728. The standard InChI is InChI=1S/C28H39ClO2/c1-2-3-4-5-6-7-8-9-10-11-12-16-23-31-26-21-19-25(20-22-26)28(30)27(29)24-17-14-13-15-18-24/h13-15,17-22,27H,2-12,16,23H2,1H3. The molecule has 1 unspecified atom stereocenters. The SMILES string of the molecule is CCCCCCCCCCCCCCOc1ccc(C(=O)C(Cl)c2ccccc2)cc1. The van der Waals surface area contributed by atoms with Crippen LogP contribution in [-0.4, -0.2) is 12.4 Å². The van der Waals surface area contributed by atoms with Crippen LogP contribution in [0.2, 0.25) is 0 Å². The van der Waals surface area contributed by atoms with Crippen molar-refractivity contribution in [1.82, 2.24) is 0 Å². The highest BCUT2D eigenvalue weighted by molar-refractivity contribution is 6.33. The lowest BCUT2D eigenvalue weighted by molar-refractivity contribution is 0.0987. The van der Waals surface area contributed by atoms with Crippen molar-refractivity contribution in [2.75, 3.05) is 6.61 Å². The molecule has 0 fully saturated rings. The van der Waals surface area contributed by atoms with Gasteiger partial charge in [-0.1, -0.05) is 108 Å². The Morgan fingerprint density at radius 3 is 1.81 bits per heavy atom. The molecule has 0 bridgehead atoms. The first-order chi connectivity index (χ1) is 15.2. The number of carbonyl (C=O) groups excluding carboxylic acids is 1. The molecule has 2 rings (SSSR count). The van der Waals surface area contributed by atoms with Gasteiger partial charge in [-0.05, 0) is 36.2 Å². The third kappa shape index (κ3) is 10.4. The van der Waals surface area contributed by atoms with Gasteiger partial charge in [0.2, 0.25) is 0 Å². The van der Waals surface area contributed by atoms with Crippen molar-refractivity contribution in [3.05, 3.63) is 65.7 Å². The van der Waals surface area contributed by atoms with Gasteiger partial charge in [-0.25, -0.2) is 0 Å². The molecule has 0 aliphatic heterocycles. The minimum Gasteiger partial charge on any atom is -0.494 e. The van der Waals surface area contributed by atoms with E-state index < -0.39 is 5.38 Å². The van der Waals surface area contributed by atoms with E-state index in [1.165, 1.54) is 70.6 Å². The Kier molecular flexibility index (Phi) is 13.1. The fourth-order valence-electron chi connectivity index (χ4n) is 3.77. The van der Waals surface area contributed by atoms with E-state index in [1.54, 1.807) is 12.1 Å². The summed E-state index contributed by atoms with van der Waals surface area (Å²) in [6, 6.07) is 16.8. The maximum absolute atomic E-state index is 12.6. The van der Waals surface area contributed by atoms with Gasteiger partial charge in [0.25, 0.3) is 0 Å². The molecule has 0 saturated carbocycles. The summed E-state index contributed by atoms with van der Waals surface area (Å²) in [4.78, 5) is 12.6. The van der Waals surface area contributed by atoms with Crippen molar-refractivity contribution in [3.8, 4) is 5.75 Å². The molecule has 0 aromatic heterocycles. The molecule has 0 heterocycles. The summed E-state index contributed by atoms with van der Waals surface area (Å²) in [6.45, 7) is 3.00. The monoisotopic (exact) mass is 442 g/mol. The zero-order valence-electron chi connectivity index (χ0n) is 19.2. The van der Waals surface area contributed by atoms with Crippen LogP contribution < -0.4 is 4.74 Å². The smallest absolute Gasteiger partial charge is 0.185 e. The van der Waals surface area contributed by atoms with Gasteiger partial charge in [0.1, 0.15) is 11.1 Å². The lowest BCUT2D eigenvalue weighted by Gasteiger charge is -2.10. The van der Waals surface area contributed by atoms with Crippen LogP contribution in [0.25, 0.3) is 0 Å². The van der Waals surface area contributed by atoms with Gasteiger partial charge < -0.3 is 4.74 Å². The fraction of sp³-hybridized carbons (Fsp3) is 0.536. The van der Waals surface area contributed by atoms with Crippen molar-refractivity contribution in [1.29, 1.82) is 0 Å². The Labute approximate surface area is 194 Å². The number of rotatable bonds is 17. The number of carbonyl (C=O) groups is 1. The van der Waals surface area contributed by atoms with Crippen molar-refractivity contribution in [2.45, 2.75) is 89.4 Å². The fourth-order valence-corrected chi connectivity index (χ4v) is 4.04. The lowest BCUT2D eigenvalue weighted by atomic mass is 10.0. The summed E-state index contributed by atoms with van der Waals surface area (Å²) >= 11 is 6.35. The highest BCUT2D eigenvalue weighted by Crippen LogP contribution is 2.26. The third-order valence-corrected chi connectivity index (χ3v) is 6.18.